The van der Waals surface area contributed by atoms with Crippen molar-refractivity contribution in [1.29, 1.82) is 0 Å². The van der Waals surface area contributed by atoms with Gasteiger partial charge in [0, 0.05) is 12.7 Å². The van der Waals surface area contributed by atoms with E-state index >= 15 is 0 Å². The summed E-state index contributed by atoms with van der Waals surface area (Å²) in [6, 6.07) is 0. The fourth-order valence-corrected chi connectivity index (χ4v) is 1.38. The van der Waals surface area contributed by atoms with E-state index in [0.717, 1.165) is 12.2 Å². The molecular formula is C10H11N5O. The Bertz CT molecular complexity index is 531. The predicted molar refractivity (Wildman–Crippen MR) is 59.8 cm³/mol. The minimum absolute atomic E-state index is 0.593. The van der Waals surface area contributed by atoms with E-state index < -0.39 is 0 Å². The normalized spacial score (nSPS) is 11.1. The molecule has 0 aromatic carbocycles. The van der Waals surface area contributed by atoms with Crippen LogP contribution in [0.25, 0.3) is 11.2 Å². The largest absolute Gasteiger partial charge is 0.345 e. The predicted octanol–water partition coefficient (Wildman–Crippen LogP) is 0.971. The molecule has 0 aliphatic rings. The van der Waals surface area contributed by atoms with Crippen molar-refractivity contribution in [1.82, 2.24) is 19.5 Å². The maximum Gasteiger partial charge on any atom is 0.165 e. The number of hydrogen-bond acceptors (Lipinski definition) is 5. The van der Waals surface area contributed by atoms with Gasteiger partial charge >= 0.3 is 0 Å². The van der Waals surface area contributed by atoms with Crippen LogP contribution in [0.15, 0.2) is 24.9 Å². The summed E-state index contributed by atoms with van der Waals surface area (Å²) in [5.74, 6) is 0.593. The lowest BCUT2D eigenvalue weighted by atomic mass is 10.5. The molecule has 16 heavy (non-hydrogen) atoms. The van der Waals surface area contributed by atoms with Crippen LogP contribution in [0.2, 0.25) is 0 Å². The van der Waals surface area contributed by atoms with Crippen LogP contribution in [-0.4, -0.2) is 25.8 Å². The average Bonchev–Trinajstić information content (AvgIpc) is 2.73. The van der Waals surface area contributed by atoms with E-state index in [1.54, 1.807) is 6.33 Å². The zero-order valence-electron chi connectivity index (χ0n) is 8.79. The van der Waals surface area contributed by atoms with E-state index in [2.05, 4.69) is 20.3 Å². The lowest BCUT2D eigenvalue weighted by molar-refractivity contribution is -0.104. The molecule has 2 rings (SSSR count). The van der Waals surface area contributed by atoms with Crippen LogP contribution in [0.5, 0.6) is 0 Å². The van der Waals surface area contributed by atoms with Crippen molar-refractivity contribution in [2.24, 2.45) is 0 Å². The van der Waals surface area contributed by atoms with Gasteiger partial charge in [-0.2, -0.15) is 0 Å². The van der Waals surface area contributed by atoms with Crippen molar-refractivity contribution in [3.8, 4) is 0 Å². The number of rotatable bonds is 4. The highest BCUT2D eigenvalue weighted by molar-refractivity contribution is 5.83. The van der Waals surface area contributed by atoms with Gasteiger partial charge in [-0.3, -0.25) is 4.79 Å². The van der Waals surface area contributed by atoms with Gasteiger partial charge in [-0.05, 0) is 13.0 Å². The first-order valence-electron chi connectivity index (χ1n) is 4.89. The third-order valence-electron chi connectivity index (χ3n) is 2.14. The van der Waals surface area contributed by atoms with Crippen LogP contribution >= 0.6 is 0 Å². The van der Waals surface area contributed by atoms with Crippen LogP contribution in [0.4, 0.5) is 5.82 Å². The van der Waals surface area contributed by atoms with Crippen molar-refractivity contribution < 1.29 is 4.79 Å². The molecule has 2 heterocycles. The number of nitrogens with one attached hydrogen (secondary N) is 1. The molecule has 0 aliphatic heterocycles. The number of aromatic nitrogens is 4. The molecule has 0 atom stereocenters. The van der Waals surface area contributed by atoms with E-state index in [9.17, 15) is 4.79 Å². The summed E-state index contributed by atoms with van der Waals surface area (Å²) >= 11 is 0. The standard InChI is InChI=1S/C10H11N5O/c1-2-15-7-14-8-9(11-4-3-5-16)12-6-13-10(8)15/h3-7H,2H2,1H3,(H,11,12,13)/b4-3+. The first-order chi connectivity index (χ1) is 7.86. The second-order valence-corrected chi connectivity index (χ2v) is 3.06. The Morgan fingerprint density at radius 3 is 3.06 bits per heavy atom. The quantitative estimate of drug-likeness (QED) is 0.610. The minimum atomic E-state index is 0.593. The molecule has 2 aromatic rings. The molecule has 0 unspecified atom stereocenters. The summed E-state index contributed by atoms with van der Waals surface area (Å²) < 4.78 is 1.92. The highest BCUT2D eigenvalue weighted by Gasteiger charge is 2.07. The minimum Gasteiger partial charge on any atom is -0.345 e. The summed E-state index contributed by atoms with van der Waals surface area (Å²) in [5.41, 5.74) is 1.47. The van der Waals surface area contributed by atoms with Crippen LogP contribution in [0, 0.1) is 0 Å². The van der Waals surface area contributed by atoms with Crippen molar-refractivity contribution >= 4 is 23.3 Å². The van der Waals surface area contributed by atoms with Crippen LogP contribution < -0.4 is 5.32 Å². The van der Waals surface area contributed by atoms with Gasteiger partial charge in [0.1, 0.15) is 12.6 Å². The Morgan fingerprint density at radius 1 is 1.44 bits per heavy atom. The van der Waals surface area contributed by atoms with E-state index in [-0.39, 0.29) is 0 Å². The van der Waals surface area contributed by atoms with Crippen molar-refractivity contribution in [2.75, 3.05) is 5.32 Å². The molecule has 0 fully saturated rings. The van der Waals surface area contributed by atoms with E-state index in [1.807, 2.05) is 11.5 Å². The fourth-order valence-electron chi connectivity index (χ4n) is 1.38. The summed E-state index contributed by atoms with van der Waals surface area (Å²) in [7, 11) is 0. The Morgan fingerprint density at radius 2 is 2.31 bits per heavy atom. The van der Waals surface area contributed by atoms with E-state index in [0.29, 0.717) is 17.6 Å². The van der Waals surface area contributed by atoms with Gasteiger partial charge < -0.3 is 9.88 Å². The topological polar surface area (TPSA) is 72.7 Å². The summed E-state index contributed by atoms with van der Waals surface area (Å²) in [6.45, 7) is 2.82. The van der Waals surface area contributed by atoms with E-state index in [1.165, 1.54) is 18.6 Å². The molecule has 1 N–H and O–H groups in total. The number of aldehydes is 1. The molecule has 82 valence electrons. The monoisotopic (exact) mass is 217 g/mol. The summed E-state index contributed by atoms with van der Waals surface area (Å²) in [5, 5.41) is 2.89. The third kappa shape index (κ3) is 1.77. The first-order valence-corrected chi connectivity index (χ1v) is 4.89. The number of hydrogen-bond donors (Lipinski definition) is 1. The molecule has 0 amide bonds. The third-order valence-corrected chi connectivity index (χ3v) is 2.14. The molecule has 0 saturated carbocycles. The maximum absolute atomic E-state index is 10.1. The van der Waals surface area contributed by atoms with Gasteiger partial charge in [0.15, 0.2) is 17.0 Å². The number of nitrogens with zero attached hydrogens (tertiary/aromatic N) is 4. The Hall–Kier alpha value is -2.24. The zero-order chi connectivity index (χ0) is 11.4. The lowest BCUT2D eigenvalue weighted by Gasteiger charge is -2.00. The summed E-state index contributed by atoms with van der Waals surface area (Å²) in [6.07, 6.45) is 6.74. The van der Waals surface area contributed by atoms with Crippen molar-refractivity contribution in [3.05, 3.63) is 24.9 Å². The first kappa shape index (κ1) is 10.3. The average molecular weight is 217 g/mol. The highest BCUT2D eigenvalue weighted by atomic mass is 16.1. The molecule has 0 radical (unpaired) electrons. The number of anilines is 1. The van der Waals surface area contributed by atoms with Gasteiger partial charge in [0.25, 0.3) is 0 Å². The second kappa shape index (κ2) is 4.52. The summed E-state index contributed by atoms with van der Waals surface area (Å²) in [4.78, 5) is 22.6. The number of allylic oxidation sites excluding steroid dienone is 1. The van der Waals surface area contributed by atoms with Crippen LogP contribution in [-0.2, 0) is 11.3 Å². The lowest BCUT2D eigenvalue weighted by Crippen LogP contribution is -1.97. The SMILES string of the molecule is CCn1cnc2c(N/C=C/C=O)ncnc21. The molecule has 0 saturated heterocycles. The number of aryl methyl sites for hydroxylation is 1. The van der Waals surface area contributed by atoms with Crippen LogP contribution in [0.3, 0.4) is 0 Å². The number of fused-ring (bicyclic) bond motifs is 1. The Kier molecular flexibility index (Phi) is 2.90. The molecule has 6 nitrogen and oxygen atoms in total. The molecular weight excluding hydrogens is 206 g/mol. The molecule has 2 aromatic heterocycles. The number of carbonyl (C=O) groups is 1. The van der Waals surface area contributed by atoms with Gasteiger partial charge in [-0.15, -0.1) is 0 Å². The highest BCUT2D eigenvalue weighted by Crippen LogP contribution is 2.16. The molecule has 0 bridgehead atoms. The van der Waals surface area contributed by atoms with Crippen LogP contribution in [0.1, 0.15) is 6.92 Å². The van der Waals surface area contributed by atoms with Gasteiger partial charge in [-0.25, -0.2) is 15.0 Å². The molecule has 0 spiro atoms. The number of carbonyl (C=O) groups excluding carboxylic acids is 1. The molecule has 6 heteroatoms. The van der Waals surface area contributed by atoms with E-state index in [4.69, 9.17) is 0 Å². The van der Waals surface area contributed by atoms with Crippen molar-refractivity contribution in [3.63, 3.8) is 0 Å². The second-order valence-electron chi connectivity index (χ2n) is 3.06. The zero-order valence-corrected chi connectivity index (χ0v) is 8.79. The Labute approximate surface area is 92.0 Å². The maximum atomic E-state index is 10.1. The Balaban J connectivity index is 2.42. The van der Waals surface area contributed by atoms with Gasteiger partial charge in [0.2, 0.25) is 0 Å². The van der Waals surface area contributed by atoms with Gasteiger partial charge in [-0.1, -0.05) is 0 Å². The van der Waals surface area contributed by atoms with Gasteiger partial charge in [0.05, 0.1) is 6.33 Å². The smallest absolute Gasteiger partial charge is 0.165 e. The number of imidazole rings is 1. The fraction of sp³-hybridized carbons (Fsp3) is 0.200. The molecule has 0 aliphatic carbocycles. The van der Waals surface area contributed by atoms with Crippen molar-refractivity contribution in [2.45, 2.75) is 13.5 Å².